The van der Waals surface area contributed by atoms with E-state index in [-0.39, 0.29) is 30.8 Å². The molecule has 1 N–H and O–H groups in total. The first-order valence-electron chi connectivity index (χ1n) is 13.0. The first-order chi connectivity index (χ1) is 20.9. The third-order valence-corrected chi connectivity index (χ3v) is 8.45. The zero-order valence-electron chi connectivity index (χ0n) is 22.3. The van der Waals surface area contributed by atoms with Crippen LogP contribution in [-0.4, -0.2) is 48.4 Å². The minimum Gasteiger partial charge on any atom is -0.291 e. The summed E-state index contributed by atoms with van der Waals surface area (Å²) in [6.45, 7) is -0.168. The van der Waals surface area contributed by atoms with Crippen molar-refractivity contribution in [2.45, 2.75) is 23.9 Å². The summed E-state index contributed by atoms with van der Waals surface area (Å²) in [6, 6.07) is 8.35. The van der Waals surface area contributed by atoms with Crippen LogP contribution in [-0.2, 0) is 12.6 Å². The summed E-state index contributed by atoms with van der Waals surface area (Å²) in [7, 11) is 0. The van der Waals surface area contributed by atoms with Gasteiger partial charge in [0, 0.05) is 36.1 Å². The van der Waals surface area contributed by atoms with Crippen LogP contribution in [0, 0.1) is 28.7 Å². The smallest absolute Gasteiger partial charge is 0.291 e. The van der Waals surface area contributed by atoms with E-state index in [1.54, 1.807) is 10.8 Å². The lowest BCUT2D eigenvalue weighted by Crippen LogP contribution is -2.54. The first-order valence-corrected chi connectivity index (χ1v) is 13.8. The van der Waals surface area contributed by atoms with Crippen LogP contribution in [0.4, 0.5) is 30.7 Å². The molecule has 1 aliphatic heterocycles. The quantitative estimate of drug-likeness (QED) is 0.0835. The Morgan fingerprint density at radius 2 is 1.73 bits per heavy atom. The second kappa shape index (κ2) is 11.1. The number of aromatic nitrogens is 3. The molecule has 2 aromatic heterocycles. The molecule has 228 valence electrons. The molecule has 1 saturated heterocycles. The highest BCUT2D eigenvalue weighted by Crippen LogP contribution is 2.47. The summed E-state index contributed by atoms with van der Waals surface area (Å²) in [5.74, 6) is -5.80. The van der Waals surface area contributed by atoms with Gasteiger partial charge in [0.25, 0.3) is 0 Å². The van der Waals surface area contributed by atoms with E-state index in [2.05, 4.69) is 10.1 Å². The van der Waals surface area contributed by atoms with Gasteiger partial charge in [-0.25, -0.2) is 27.3 Å². The molecule has 4 aromatic rings. The average molecular weight is 636 g/mol. The highest BCUT2D eigenvalue weighted by molar-refractivity contribution is 7.96. The number of carbonyl (C=O) groups is 1. The number of pyridine rings is 1. The fourth-order valence-electron chi connectivity index (χ4n) is 5.48. The second-order valence-corrected chi connectivity index (χ2v) is 11.3. The summed E-state index contributed by atoms with van der Waals surface area (Å²) < 4.78 is 97.3. The van der Waals surface area contributed by atoms with E-state index in [0.29, 0.717) is 57.2 Å². The molecule has 1 fully saturated rings. The minimum absolute atomic E-state index is 0.0407. The topological polar surface area (TPSA) is 74.5 Å². The van der Waals surface area contributed by atoms with Gasteiger partial charge in [-0.2, -0.15) is 18.3 Å². The molecule has 6 rings (SSSR count). The van der Waals surface area contributed by atoms with E-state index in [9.17, 15) is 40.7 Å². The number of hydrogen-bond donors (Lipinski definition) is 1. The number of ketones is 1. The summed E-state index contributed by atoms with van der Waals surface area (Å²) in [6.07, 6.45) is -0.541. The van der Waals surface area contributed by atoms with Crippen molar-refractivity contribution in [1.29, 1.82) is 0 Å². The molecule has 1 unspecified atom stereocenters. The van der Waals surface area contributed by atoms with Gasteiger partial charge in [-0.1, -0.05) is 10.2 Å². The summed E-state index contributed by atoms with van der Waals surface area (Å²) in [5.41, 5.74) is -0.816. The summed E-state index contributed by atoms with van der Waals surface area (Å²) in [5, 5.41) is 16.6. The Hall–Kier alpha value is -4.05. The standard InChI is InChI=1S/C29H20F7N5O2S/c30-19-1-3-20(4-2-19)40-25-10-17-6-8-39(41(43)44-21-11-22(31)26(33)23(32)12-21)15-28(17,13-16(25)14-38-40)27(42)24-9-18(5-7-37-24)29(34,35)36/h1-5,7,9-12,14,43H,6,8,13,15H2. The fraction of sp³-hybridized carbons (Fsp3) is 0.207. The molecule has 3 heterocycles. The zero-order chi connectivity index (χ0) is 31.4. The van der Waals surface area contributed by atoms with Crippen LogP contribution in [0.2, 0.25) is 0 Å². The molecule has 0 radical (unpaired) electrons. The number of nitrogens with zero attached hydrogens (tertiary/aromatic N) is 5. The third-order valence-electron chi connectivity index (χ3n) is 7.61. The predicted octanol–water partition coefficient (Wildman–Crippen LogP) is 6.67. The van der Waals surface area contributed by atoms with Crippen molar-refractivity contribution in [3.8, 4) is 5.69 Å². The molecule has 0 saturated carbocycles. The Kier molecular flexibility index (Phi) is 7.60. The highest BCUT2D eigenvalue weighted by atomic mass is 32.2. The molecule has 0 spiro atoms. The summed E-state index contributed by atoms with van der Waals surface area (Å²) >= 11 is 0.453. The van der Waals surface area contributed by atoms with Gasteiger partial charge in [-0.3, -0.25) is 15.0 Å². The number of alkyl halides is 3. The molecular formula is C29H20F7N5O2S. The van der Waals surface area contributed by atoms with E-state index >= 15 is 0 Å². The SMILES string of the molecule is O=C(c1cc(C(F)(F)F)ccn1)C12Cc3cnn(-c4ccc(F)cc4)c3C=C1CCN(N(O)Sc1cc(F)c(F)c(F)c1)C2. The number of carbonyl (C=O) groups excluding carboxylic acids is 1. The van der Waals surface area contributed by atoms with Crippen LogP contribution in [0.15, 0.2) is 71.4 Å². The molecule has 2 aliphatic rings. The van der Waals surface area contributed by atoms with Gasteiger partial charge in [0.05, 0.1) is 28.6 Å². The zero-order valence-corrected chi connectivity index (χ0v) is 23.1. The number of hydrogen-bond acceptors (Lipinski definition) is 7. The Morgan fingerprint density at radius 3 is 2.41 bits per heavy atom. The van der Waals surface area contributed by atoms with Gasteiger partial charge >= 0.3 is 6.18 Å². The van der Waals surface area contributed by atoms with Crippen LogP contribution in [0.25, 0.3) is 11.8 Å². The first kappa shape index (κ1) is 30.0. The van der Waals surface area contributed by atoms with Crippen LogP contribution in [0.1, 0.15) is 33.7 Å². The molecule has 15 heteroatoms. The number of rotatable bonds is 6. The lowest BCUT2D eigenvalue weighted by Gasteiger charge is -2.46. The number of Topliss-reactive ketones (excluding diaryl/α,β-unsaturated/α-hetero) is 1. The second-order valence-electron chi connectivity index (χ2n) is 10.3. The average Bonchev–Trinajstić information content (AvgIpc) is 3.40. The van der Waals surface area contributed by atoms with Crippen LogP contribution < -0.4 is 0 Å². The Bertz CT molecular complexity index is 1770. The van der Waals surface area contributed by atoms with Crippen molar-refractivity contribution < 1.29 is 40.7 Å². The minimum atomic E-state index is -4.73. The number of piperidine rings is 1. The van der Waals surface area contributed by atoms with Crippen molar-refractivity contribution in [2.24, 2.45) is 5.41 Å². The van der Waals surface area contributed by atoms with E-state index in [1.807, 2.05) is 0 Å². The largest absolute Gasteiger partial charge is 0.416 e. The van der Waals surface area contributed by atoms with Crippen LogP contribution in [0.5, 0.6) is 0 Å². The van der Waals surface area contributed by atoms with Crippen molar-refractivity contribution in [3.63, 3.8) is 0 Å². The molecule has 1 aliphatic carbocycles. The maximum absolute atomic E-state index is 14.2. The molecule has 0 bridgehead atoms. The maximum Gasteiger partial charge on any atom is 0.416 e. The highest BCUT2D eigenvalue weighted by Gasteiger charge is 2.50. The van der Waals surface area contributed by atoms with Gasteiger partial charge in [0.15, 0.2) is 23.2 Å². The van der Waals surface area contributed by atoms with Crippen molar-refractivity contribution >= 4 is 23.8 Å². The van der Waals surface area contributed by atoms with E-state index in [0.717, 1.165) is 12.3 Å². The van der Waals surface area contributed by atoms with Crippen molar-refractivity contribution in [2.75, 3.05) is 13.1 Å². The predicted molar refractivity (Wildman–Crippen MR) is 143 cm³/mol. The van der Waals surface area contributed by atoms with Gasteiger partial charge in [0.1, 0.15) is 11.5 Å². The lowest BCUT2D eigenvalue weighted by atomic mass is 9.65. The fourth-order valence-corrected chi connectivity index (χ4v) is 6.23. The molecule has 0 amide bonds. The number of hydrazine groups is 1. The molecule has 1 atom stereocenters. The van der Waals surface area contributed by atoms with Crippen LogP contribution in [0.3, 0.4) is 0 Å². The van der Waals surface area contributed by atoms with E-state index in [1.165, 1.54) is 35.5 Å². The Labute approximate surface area is 249 Å². The van der Waals surface area contributed by atoms with Crippen LogP contribution >= 0.6 is 11.9 Å². The van der Waals surface area contributed by atoms with Gasteiger partial charge in [0.2, 0.25) is 0 Å². The Morgan fingerprint density at radius 1 is 1.02 bits per heavy atom. The van der Waals surface area contributed by atoms with Gasteiger partial charge in [-0.15, -0.1) is 0 Å². The van der Waals surface area contributed by atoms with Gasteiger partial charge in [-0.05, 0) is 73.0 Å². The number of fused-ring (bicyclic) bond motifs is 2. The maximum atomic E-state index is 14.2. The molecule has 44 heavy (non-hydrogen) atoms. The van der Waals surface area contributed by atoms with E-state index < -0.39 is 51.9 Å². The number of halogens is 7. The lowest BCUT2D eigenvalue weighted by molar-refractivity contribution is -0.171. The molecule has 7 nitrogen and oxygen atoms in total. The molecule has 2 aromatic carbocycles. The number of benzene rings is 2. The van der Waals surface area contributed by atoms with Gasteiger partial charge < -0.3 is 0 Å². The third kappa shape index (κ3) is 5.40. The summed E-state index contributed by atoms with van der Waals surface area (Å²) in [4.78, 5) is 18.0. The monoisotopic (exact) mass is 635 g/mol. The Balaban J connectivity index is 1.39. The van der Waals surface area contributed by atoms with E-state index in [4.69, 9.17) is 0 Å². The van der Waals surface area contributed by atoms with Crippen molar-refractivity contribution in [1.82, 2.24) is 24.4 Å². The van der Waals surface area contributed by atoms with Crippen molar-refractivity contribution in [3.05, 3.63) is 112 Å². The normalized spacial score (nSPS) is 18.6. The molecular weight excluding hydrogens is 615 g/mol.